The van der Waals surface area contributed by atoms with Crippen molar-refractivity contribution in [3.8, 4) is 0 Å². The summed E-state index contributed by atoms with van der Waals surface area (Å²) in [4.78, 5) is 34.2. The molecule has 0 radical (unpaired) electrons. The maximum absolute atomic E-state index is 13.2. The summed E-state index contributed by atoms with van der Waals surface area (Å²) in [5, 5.41) is 6.18. The van der Waals surface area contributed by atoms with E-state index in [1.807, 2.05) is 13.8 Å². The van der Waals surface area contributed by atoms with Gasteiger partial charge in [0.15, 0.2) is 0 Å². The van der Waals surface area contributed by atoms with E-state index < -0.39 is 5.66 Å². The number of hydrogen-bond donors (Lipinski definition) is 4. The van der Waals surface area contributed by atoms with Crippen LogP contribution in [0, 0.1) is 6.92 Å². The van der Waals surface area contributed by atoms with Crippen molar-refractivity contribution in [1.82, 2.24) is 20.0 Å². The van der Waals surface area contributed by atoms with Gasteiger partial charge in [0.25, 0.3) is 11.5 Å². The number of anilines is 3. The second-order valence-electron chi connectivity index (χ2n) is 7.50. The van der Waals surface area contributed by atoms with Crippen LogP contribution in [0.3, 0.4) is 0 Å². The fourth-order valence-corrected chi connectivity index (χ4v) is 4.14. The van der Waals surface area contributed by atoms with Gasteiger partial charge in [-0.3, -0.25) is 15.0 Å². The van der Waals surface area contributed by atoms with E-state index in [0.29, 0.717) is 35.0 Å². The first-order valence-electron chi connectivity index (χ1n) is 9.68. The Morgan fingerprint density at radius 2 is 2.00 bits per heavy atom. The fourth-order valence-electron chi connectivity index (χ4n) is 4.14. The monoisotopic (exact) mass is 383 g/mol. The van der Waals surface area contributed by atoms with E-state index in [1.54, 1.807) is 6.07 Å². The largest absolute Gasteiger partial charge is 0.383 e. The first kappa shape index (κ1) is 18.3. The first-order chi connectivity index (χ1) is 13.4. The molecule has 3 heterocycles. The minimum atomic E-state index is -0.564. The number of aromatic nitrogens is 3. The van der Waals surface area contributed by atoms with Crippen molar-refractivity contribution in [3.63, 3.8) is 0 Å². The van der Waals surface area contributed by atoms with Gasteiger partial charge in [0.1, 0.15) is 35.0 Å². The number of aryl methyl sites for hydroxylation is 1. The van der Waals surface area contributed by atoms with Gasteiger partial charge in [0, 0.05) is 5.56 Å². The van der Waals surface area contributed by atoms with Crippen molar-refractivity contribution >= 4 is 23.2 Å². The smallest absolute Gasteiger partial charge is 0.293 e. The predicted octanol–water partition coefficient (Wildman–Crippen LogP) is 1.78. The minimum absolute atomic E-state index is 0.220. The normalized spacial score (nSPS) is 17.6. The summed E-state index contributed by atoms with van der Waals surface area (Å²) in [5.41, 5.74) is 10.5. The SMILES string of the molecule is CCc1c(N)ncnc1Nc1cc(C)c2n(c1=O)NC1(CCCCC1)NC2=O. The third-order valence-corrected chi connectivity index (χ3v) is 5.58. The molecule has 4 rings (SSSR count). The number of pyridine rings is 1. The number of hydrogen-bond acceptors (Lipinski definition) is 7. The summed E-state index contributed by atoms with van der Waals surface area (Å²) in [5.74, 6) is 0.662. The van der Waals surface area contributed by atoms with Gasteiger partial charge >= 0.3 is 0 Å². The van der Waals surface area contributed by atoms with Crippen LogP contribution in [0.15, 0.2) is 17.2 Å². The van der Waals surface area contributed by atoms with Gasteiger partial charge in [-0.1, -0.05) is 13.3 Å². The zero-order chi connectivity index (χ0) is 19.9. The van der Waals surface area contributed by atoms with Crippen LogP contribution in [0.2, 0.25) is 0 Å². The highest BCUT2D eigenvalue weighted by atomic mass is 16.2. The van der Waals surface area contributed by atoms with Crippen LogP contribution in [-0.2, 0) is 6.42 Å². The molecule has 0 saturated heterocycles. The van der Waals surface area contributed by atoms with Crippen LogP contribution >= 0.6 is 0 Å². The highest BCUT2D eigenvalue weighted by molar-refractivity contribution is 5.96. The molecule has 9 heteroatoms. The summed E-state index contributed by atoms with van der Waals surface area (Å²) in [6.07, 6.45) is 6.74. The zero-order valence-electron chi connectivity index (χ0n) is 16.1. The number of rotatable bonds is 3. The van der Waals surface area contributed by atoms with E-state index in [4.69, 9.17) is 5.73 Å². The van der Waals surface area contributed by atoms with Gasteiger partial charge in [-0.15, -0.1) is 0 Å². The standard InChI is InChI=1S/C19H25N7O2/c1-3-12-15(20)21-10-22-16(12)23-13-9-11(2)14-17(27)24-19(7-5-4-6-8-19)25-26(14)18(13)28/h9-10,25H,3-8H2,1-2H3,(H,24,27)(H3,20,21,22,23). The van der Waals surface area contributed by atoms with Gasteiger partial charge in [0.05, 0.1) is 0 Å². The molecule has 1 aliphatic carbocycles. The molecule has 0 unspecified atom stereocenters. The molecule has 9 nitrogen and oxygen atoms in total. The molecule has 1 amide bonds. The highest BCUT2D eigenvalue weighted by Gasteiger charge is 2.40. The first-order valence-corrected chi connectivity index (χ1v) is 9.68. The second-order valence-corrected chi connectivity index (χ2v) is 7.50. The van der Waals surface area contributed by atoms with Gasteiger partial charge < -0.3 is 16.4 Å². The maximum Gasteiger partial charge on any atom is 0.293 e. The Balaban J connectivity index is 1.78. The summed E-state index contributed by atoms with van der Waals surface area (Å²) >= 11 is 0. The van der Waals surface area contributed by atoms with Crippen molar-refractivity contribution in [2.45, 2.75) is 58.0 Å². The number of fused-ring (bicyclic) bond motifs is 1. The van der Waals surface area contributed by atoms with E-state index in [2.05, 4.69) is 26.0 Å². The summed E-state index contributed by atoms with van der Waals surface area (Å²) in [6, 6.07) is 1.67. The molecule has 1 aliphatic heterocycles. The number of amides is 1. The van der Waals surface area contributed by atoms with Crippen LogP contribution < -0.4 is 27.4 Å². The zero-order valence-corrected chi connectivity index (χ0v) is 16.1. The van der Waals surface area contributed by atoms with Crippen molar-refractivity contribution in [2.24, 2.45) is 0 Å². The topological polar surface area (TPSA) is 127 Å². The molecule has 0 bridgehead atoms. The number of nitrogen functional groups attached to an aromatic ring is 1. The molecule has 2 aromatic heterocycles. The maximum atomic E-state index is 13.2. The number of carbonyl (C=O) groups is 1. The third-order valence-electron chi connectivity index (χ3n) is 5.58. The Bertz CT molecular complexity index is 993. The van der Waals surface area contributed by atoms with Crippen LogP contribution in [0.1, 0.15) is 60.6 Å². The molecular weight excluding hydrogens is 358 g/mol. The number of nitrogens with two attached hydrogens (primary N) is 1. The Labute approximate surface area is 162 Å². The number of nitrogens with zero attached hydrogens (tertiary/aromatic N) is 3. The van der Waals surface area contributed by atoms with E-state index >= 15 is 0 Å². The quantitative estimate of drug-likeness (QED) is 0.636. The van der Waals surface area contributed by atoms with E-state index in [1.165, 1.54) is 11.0 Å². The average Bonchev–Trinajstić information content (AvgIpc) is 2.66. The molecule has 148 valence electrons. The lowest BCUT2D eigenvalue weighted by molar-refractivity contribution is 0.0833. The lowest BCUT2D eigenvalue weighted by Gasteiger charge is -2.43. The van der Waals surface area contributed by atoms with E-state index in [9.17, 15) is 9.59 Å². The van der Waals surface area contributed by atoms with E-state index in [0.717, 1.165) is 37.7 Å². The van der Waals surface area contributed by atoms with Gasteiger partial charge in [-0.2, -0.15) is 0 Å². The molecule has 0 atom stereocenters. The third kappa shape index (κ3) is 2.96. The van der Waals surface area contributed by atoms with Crippen LogP contribution in [0.25, 0.3) is 0 Å². The summed E-state index contributed by atoms with van der Waals surface area (Å²) in [6.45, 7) is 3.76. The lowest BCUT2D eigenvalue weighted by atomic mass is 9.88. The Kier molecular flexibility index (Phi) is 4.44. The van der Waals surface area contributed by atoms with Crippen LogP contribution in [0.4, 0.5) is 17.3 Å². The molecular formula is C19H25N7O2. The molecule has 2 aliphatic rings. The average molecular weight is 383 g/mol. The highest BCUT2D eigenvalue weighted by Crippen LogP contribution is 2.30. The predicted molar refractivity (Wildman–Crippen MR) is 107 cm³/mol. The van der Waals surface area contributed by atoms with Crippen molar-refractivity contribution < 1.29 is 4.79 Å². The lowest BCUT2D eigenvalue weighted by Crippen LogP contribution is -2.64. The molecule has 28 heavy (non-hydrogen) atoms. The van der Waals surface area contributed by atoms with Crippen LogP contribution in [-0.4, -0.2) is 26.2 Å². The summed E-state index contributed by atoms with van der Waals surface area (Å²) in [7, 11) is 0. The van der Waals surface area contributed by atoms with Crippen LogP contribution in [0.5, 0.6) is 0 Å². The minimum Gasteiger partial charge on any atom is -0.383 e. The van der Waals surface area contributed by atoms with Crippen molar-refractivity contribution in [2.75, 3.05) is 16.5 Å². The van der Waals surface area contributed by atoms with Gasteiger partial charge in [-0.05, 0) is 50.7 Å². The van der Waals surface area contributed by atoms with E-state index in [-0.39, 0.29) is 11.5 Å². The Morgan fingerprint density at radius 1 is 1.25 bits per heavy atom. The molecule has 1 spiro atoms. The molecule has 1 saturated carbocycles. The molecule has 5 N–H and O–H groups in total. The fraction of sp³-hybridized carbons (Fsp3) is 0.474. The molecule has 1 fully saturated rings. The van der Waals surface area contributed by atoms with Gasteiger partial charge in [-0.25, -0.2) is 14.6 Å². The van der Waals surface area contributed by atoms with Crippen molar-refractivity contribution in [3.05, 3.63) is 39.6 Å². The molecule has 0 aromatic carbocycles. The number of nitrogens with one attached hydrogen (secondary N) is 3. The molecule has 2 aromatic rings. The second kappa shape index (κ2) is 6.81. The Hall–Kier alpha value is -3.10. The van der Waals surface area contributed by atoms with Gasteiger partial charge in [0.2, 0.25) is 0 Å². The number of carbonyl (C=O) groups excluding carboxylic acids is 1. The Morgan fingerprint density at radius 3 is 2.71 bits per heavy atom. The van der Waals surface area contributed by atoms with Crippen molar-refractivity contribution in [1.29, 1.82) is 0 Å². The summed E-state index contributed by atoms with van der Waals surface area (Å²) < 4.78 is 1.39.